The minimum Gasteiger partial charge on any atom is -0.489 e. The number of aromatic nitrogens is 2. The summed E-state index contributed by atoms with van der Waals surface area (Å²) < 4.78 is 11.9. The molecule has 5 nitrogen and oxygen atoms in total. The first kappa shape index (κ1) is 17.8. The van der Waals surface area contributed by atoms with Crippen LogP contribution in [-0.2, 0) is 4.74 Å². The van der Waals surface area contributed by atoms with E-state index in [1.807, 2.05) is 0 Å². The highest BCUT2D eigenvalue weighted by molar-refractivity contribution is 6.20. The number of nitrogens with one attached hydrogen (secondary N) is 2. The number of benzene rings is 3. The second kappa shape index (κ2) is 7.35. The Morgan fingerprint density at radius 1 is 0.800 bits per heavy atom. The summed E-state index contributed by atoms with van der Waals surface area (Å²) >= 11 is 0. The SMILES string of the molecule is c1ccc2c(c1)[nH]c1c(OCCCN3CCOCC3)c3[nH]c4ccccc4c3cc12. The van der Waals surface area contributed by atoms with Crippen molar-refractivity contribution in [1.82, 2.24) is 14.9 Å². The zero-order valence-corrected chi connectivity index (χ0v) is 16.9. The van der Waals surface area contributed by atoms with E-state index in [1.165, 1.54) is 21.5 Å². The third-order valence-electron chi connectivity index (χ3n) is 6.20. The topological polar surface area (TPSA) is 53.3 Å². The predicted molar refractivity (Wildman–Crippen MR) is 123 cm³/mol. The normalized spacial score (nSPS) is 15.6. The van der Waals surface area contributed by atoms with Crippen molar-refractivity contribution in [2.45, 2.75) is 6.42 Å². The number of fused-ring (bicyclic) bond motifs is 6. The third-order valence-corrected chi connectivity index (χ3v) is 6.20. The average molecular weight is 399 g/mol. The molecule has 0 atom stereocenters. The minimum absolute atomic E-state index is 0.691. The fourth-order valence-corrected chi connectivity index (χ4v) is 4.69. The average Bonchev–Trinajstić information content (AvgIpc) is 3.35. The van der Waals surface area contributed by atoms with Crippen LogP contribution in [0.4, 0.5) is 0 Å². The van der Waals surface area contributed by atoms with Crippen LogP contribution >= 0.6 is 0 Å². The van der Waals surface area contributed by atoms with Gasteiger partial charge in [0.2, 0.25) is 0 Å². The lowest BCUT2D eigenvalue weighted by molar-refractivity contribution is 0.0358. The van der Waals surface area contributed by atoms with E-state index in [2.05, 4.69) is 69.5 Å². The Kier molecular flexibility index (Phi) is 4.36. The first-order chi connectivity index (χ1) is 14.9. The summed E-state index contributed by atoms with van der Waals surface area (Å²) in [5.74, 6) is 0.928. The smallest absolute Gasteiger partial charge is 0.167 e. The van der Waals surface area contributed by atoms with Crippen LogP contribution in [0.25, 0.3) is 43.6 Å². The molecule has 2 aromatic heterocycles. The van der Waals surface area contributed by atoms with Crippen molar-refractivity contribution in [2.75, 3.05) is 39.5 Å². The zero-order chi connectivity index (χ0) is 19.9. The van der Waals surface area contributed by atoms with Crippen LogP contribution in [0.1, 0.15) is 6.42 Å². The Bertz CT molecular complexity index is 1260. The molecule has 1 fully saturated rings. The number of hydrogen-bond acceptors (Lipinski definition) is 3. The van der Waals surface area contributed by atoms with E-state index in [1.54, 1.807) is 0 Å². The largest absolute Gasteiger partial charge is 0.489 e. The van der Waals surface area contributed by atoms with Crippen LogP contribution in [0.5, 0.6) is 5.75 Å². The molecule has 0 amide bonds. The van der Waals surface area contributed by atoms with Crippen LogP contribution < -0.4 is 4.74 Å². The summed E-state index contributed by atoms with van der Waals surface area (Å²) in [6.07, 6.45) is 0.998. The number of nitrogens with zero attached hydrogens (tertiary/aromatic N) is 1. The monoisotopic (exact) mass is 399 g/mol. The summed E-state index contributed by atoms with van der Waals surface area (Å²) in [6, 6.07) is 19.2. The Hall–Kier alpha value is -3.02. The lowest BCUT2D eigenvalue weighted by Gasteiger charge is -2.26. The molecule has 3 aromatic carbocycles. The van der Waals surface area contributed by atoms with Gasteiger partial charge in [0.05, 0.1) is 30.9 Å². The van der Waals surface area contributed by atoms with E-state index in [4.69, 9.17) is 9.47 Å². The molecule has 152 valence electrons. The maximum Gasteiger partial charge on any atom is 0.167 e. The molecule has 0 bridgehead atoms. The molecule has 0 radical (unpaired) electrons. The van der Waals surface area contributed by atoms with Gasteiger partial charge in [-0.15, -0.1) is 0 Å². The first-order valence-electron chi connectivity index (χ1n) is 10.8. The van der Waals surface area contributed by atoms with Gasteiger partial charge in [0.1, 0.15) is 0 Å². The van der Waals surface area contributed by atoms with Crippen LogP contribution in [0.3, 0.4) is 0 Å². The molecule has 5 aromatic rings. The number of aromatic amines is 2. The van der Waals surface area contributed by atoms with Gasteiger partial charge in [-0.05, 0) is 24.6 Å². The fourth-order valence-electron chi connectivity index (χ4n) is 4.69. The van der Waals surface area contributed by atoms with Crippen molar-refractivity contribution < 1.29 is 9.47 Å². The van der Waals surface area contributed by atoms with E-state index < -0.39 is 0 Å². The molecule has 1 saturated heterocycles. The standard InChI is InChI=1S/C25H25N3O2/c1-3-8-21-17(6-1)19-16-20-18-7-2-4-9-22(18)27-24(20)25(23(19)26-21)30-13-5-10-28-11-14-29-15-12-28/h1-4,6-9,16,26-27H,5,10-15H2. The van der Waals surface area contributed by atoms with Crippen molar-refractivity contribution in [2.24, 2.45) is 0 Å². The lowest BCUT2D eigenvalue weighted by Crippen LogP contribution is -2.37. The minimum atomic E-state index is 0.691. The molecule has 0 saturated carbocycles. The number of ether oxygens (including phenoxy) is 2. The highest BCUT2D eigenvalue weighted by Gasteiger charge is 2.17. The van der Waals surface area contributed by atoms with Crippen LogP contribution in [0, 0.1) is 0 Å². The number of H-pyrrole nitrogens is 2. The molecular formula is C25H25N3O2. The summed E-state index contributed by atoms with van der Waals surface area (Å²) in [5, 5.41) is 4.90. The Balaban J connectivity index is 1.42. The number of rotatable bonds is 5. The molecule has 0 unspecified atom stereocenters. The molecule has 2 N–H and O–H groups in total. The summed E-state index contributed by atoms with van der Waals surface area (Å²) in [5.41, 5.74) is 4.42. The maximum absolute atomic E-state index is 6.46. The van der Waals surface area contributed by atoms with Gasteiger partial charge in [0, 0.05) is 52.2 Å². The molecule has 0 spiro atoms. The Labute approximate surface area is 174 Å². The van der Waals surface area contributed by atoms with Gasteiger partial charge in [-0.25, -0.2) is 0 Å². The highest BCUT2D eigenvalue weighted by atomic mass is 16.5. The zero-order valence-electron chi connectivity index (χ0n) is 16.9. The van der Waals surface area contributed by atoms with Gasteiger partial charge < -0.3 is 19.4 Å². The number of para-hydroxylation sites is 2. The quantitative estimate of drug-likeness (QED) is 0.406. The van der Waals surface area contributed by atoms with Gasteiger partial charge in [0.15, 0.2) is 5.75 Å². The van der Waals surface area contributed by atoms with E-state index in [0.717, 1.165) is 67.1 Å². The number of hydrogen-bond donors (Lipinski definition) is 2. The maximum atomic E-state index is 6.46. The first-order valence-corrected chi connectivity index (χ1v) is 10.8. The molecule has 5 heteroatoms. The third kappa shape index (κ3) is 2.93. The molecule has 30 heavy (non-hydrogen) atoms. The Morgan fingerprint density at radius 3 is 2.03 bits per heavy atom. The van der Waals surface area contributed by atoms with Gasteiger partial charge in [-0.1, -0.05) is 36.4 Å². The summed E-state index contributed by atoms with van der Waals surface area (Å²) in [4.78, 5) is 9.66. The van der Waals surface area contributed by atoms with Gasteiger partial charge in [0.25, 0.3) is 0 Å². The molecule has 1 aliphatic heterocycles. The predicted octanol–water partition coefficient (Wildman–Crippen LogP) is 5.06. The van der Waals surface area contributed by atoms with Crippen molar-refractivity contribution in [3.8, 4) is 5.75 Å². The molecular weight excluding hydrogens is 374 g/mol. The number of morpholine rings is 1. The van der Waals surface area contributed by atoms with Crippen LogP contribution in [0.15, 0.2) is 54.6 Å². The second-order valence-electron chi connectivity index (χ2n) is 8.05. The summed E-state index contributed by atoms with van der Waals surface area (Å²) in [6.45, 7) is 5.45. The van der Waals surface area contributed by atoms with Crippen LogP contribution in [-0.4, -0.2) is 54.3 Å². The van der Waals surface area contributed by atoms with Crippen molar-refractivity contribution in [3.63, 3.8) is 0 Å². The highest BCUT2D eigenvalue weighted by Crippen LogP contribution is 2.40. The molecule has 6 rings (SSSR count). The van der Waals surface area contributed by atoms with Crippen molar-refractivity contribution in [3.05, 3.63) is 54.6 Å². The second-order valence-corrected chi connectivity index (χ2v) is 8.05. The van der Waals surface area contributed by atoms with Crippen molar-refractivity contribution in [1.29, 1.82) is 0 Å². The molecule has 0 aliphatic carbocycles. The van der Waals surface area contributed by atoms with E-state index in [-0.39, 0.29) is 0 Å². The molecule has 3 heterocycles. The van der Waals surface area contributed by atoms with E-state index in [9.17, 15) is 0 Å². The van der Waals surface area contributed by atoms with Gasteiger partial charge in [-0.3, -0.25) is 4.90 Å². The Morgan fingerprint density at radius 2 is 1.40 bits per heavy atom. The van der Waals surface area contributed by atoms with E-state index >= 15 is 0 Å². The van der Waals surface area contributed by atoms with Crippen LogP contribution in [0.2, 0.25) is 0 Å². The van der Waals surface area contributed by atoms with E-state index in [0.29, 0.717) is 6.61 Å². The fraction of sp³-hybridized carbons (Fsp3) is 0.280. The van der Waals surface area contributed by atoms with Crippen molar-refractivity contribution >= 4 is 43.6 Å². The molecule has 1 aliphatic rings. The van der Waals surface area contributed by atoms with Gasteiger partial charge in [-0.2, -0.15) is 0 Å². The lowest BCUT2D eigenvalue weighted by atomic mass is 10.1. The summed E-state index contributed by atoms with van der Waals surface area (Å²) in [7, 11) is 0. The van der Waals surface area contributed by atoms with Gasteiger partial charge >= 0.3 is 0 Å².